The molecule has 38 heavy (non-hydrogen) atoms. The van der Waals surface area contributed by atoms with Gasteiger partial charge in [-0.05, 0) is 42.3 Å². The van der Waals surface area contributed by atoms with Gasteiger partial charge in [-0.25, -0.2) is 5.06 Å². The topological polar surface area (TPSA) is 118 Å². The molecule has 0 unspecified atom stereocenters. The average Bonchev–Trinajstić information content (AvgIpc) is 3.45. The average molecular weight is 549 g/mol. The Balaban J connectivity index is 1.39. The molecule has 1 saturated carbocycles. The maximum Gasteiger partial charge on any atom is 0.243 e. The van der Waals surface area contributed by atoms with Crippen molar-refractivity contribution in [2.75, 3.05) is 30.5 Å². The van der Waals surface area contributed by atoms with Crippen LogP contribution < -0.4 is 16.2 Å². The molecule has 1 aromatic heterocycles. The molecule has 2 aromatic rings. The lowest BCUT2D eigenvalue weighted by molar-refractivity contribution is -0.182. The van der Waals surface area contributed by atoms with Crippen LogP contribution >= 0.6 is 11.6 Å². The minimum absolute atomic E-state index is 0.00680. The van der Waals surface area contributed by atoms with E-state index in [0.717, 1.165) is 36.3 Å². The highest BCUT2D eigenvalue weighted by atomic mass is 35.5. The molecule has 4 rings (SSSR count). The molecule has 0 bridgehead atoms. The lowest BCUT2D eigenvalue weighted by Crippen LogP contribution is -2.42. The largest absolute Gasteiger partial charge is 0.381 e. The molecule has 2 fully saturated rings. The van der Waals surface area contributed by atoms with Crippen LogP contribution in [0.15, 0.2) is 30.3 Å². The Kier molecular flexibility index (Phi) is 10.5. The minimum Gasteiger partial charge on any atom is -0.381 e. The van der Waals surface area contributed by atoms with Gasteiger partial charge >= 0.3 is 0 Å². The summed E-state index contributed by atoms with van der Waals surface area (Å²) in [5.74, 6) is -1.66. The number of anilines is 2. The highest BCUT2D eigenvalue weighted by Crippen LogP contribution is 2.31. The van der Waals surface area contributed by atoms with Gasteiger partial charge in [0, 0.05) is 19.3 Å². The van der Waals surface area contributed by atoms with E-state index in [1.165, 1.54) is 0 Å². The standard InChI is InChI=1S/C26H34ClFN6O4/c27-26-30-23(29-21-10-12-37-13-11-21)22(28)24(31-26)32-33-25(36)20(14-18-6-4-5-7-18)15-34(17-35)38-16-19-8-2-1-3-9-19/h1-3,8-9,17-18,20-21H,4-7,10-16H2,(H,33,36)(H2,29,30,31,32)/t20-/m0/s1. The number of hydroxylamine groups is 2. The van der Waals surface area contributed by atoms with Gasteiger partial charge in [0.2, 0.25) is 23.4 Å². The summed E-state index contributed by atoms with van der Waals surface area (Å²) in [6, 6.07) is 9.44. The summed E-state index contributed by atoms with van der Waals surface area (Å²) < 4.78 is 20.5. The van der Waals surface area contributed by atoms with Crippen LogP contribution in [0.4, 0.5) is 16.0 Å². The Labute approximate surface area is 226 Å². The quantitative estimate of drug-likeness (QED) is 0.195. The van der Waals surface area contributed by atoms with E-state index in [9.17, 15) is 9.59 Å². The first kappa shape index (κ1) is 28.0. The summed E-state index contributed by atoms with van der Waals surface area (Å²) in [4.78, 5) is 38.5. The van der Waals surface area contributed by atoms with Crippen molar-refractivity contribution < 1.29 is 23.6 Å². The number of carbonyl (C=O) groups excluding carboxylic acids is 2. The predicted octanol–water partition coefficient (Wildman–Crippen LogP) is 4.09. The van der Waals surface area contributed by atoms with E-state index in [2.05, 4.69) is 26.1 Å². The Bertz CT molecular complexity index is 1050. The van der Waals surface area contributed by atoms with E-state index in [1.807, 2.05) is 30.3 Å². The number of halogens is 2. The number of nitrogens with zero attached hydrogens (tertiary/aromatic N) is 3. The maximum atomic E-state index is 15.1. The zero-order chi connectivity index (χ0) is 26.7. The van der Waals surface area contributed by atoms with Crippen LogP contribution in [0.25, 0.3) is 0 Å². The summed E-state index contributed by atoms with van der Waals surface area (Å²) in [6.45, 7) is 1.41. The number of hydrogen-bond donors (Lipinski definition) is 3. The van der Waals surface area contributed by atoms with Crippen LogP contribution in [0.2, 0.25) is 5.28 Å². The molecular formula is C26H34ClFN6O4. The van der Waals surface area contributed by atoms with E-state index in [4.69, 9.17) is 21.2 Å². The molecule has 2 heterocycles. The second-order valence-corrected chi connectivity index (χ2v) is 10.0. The molecule has 12 heteroatoms. The fourth-order valence-electron chi connectivity index (χ4n) is 4.84. The van der Waals surface area contributed by atoms with Crippen LogP contribution in [0.3, 0.4) is 0 Å². The van der Waals surface area contributed by atoms with Gasteiger partial charge in [0.15, 0.2) is 11.6 Å². The molecule has 0 spiro atoms. The Hall–Kier alpha value is -3.02. The maximum absolute atomic E-state index is 15.1. The third kappa shape index (κ3) is 8.24. The molecule has 0 radical (unpaired) electrons. The Morgan fingerprint density at radius 1 is 1.16 bits per heavy atom. The predicted molar refractivity (Wildman–Crippen MR) is 140 cm³/mol. The van der Waals surface area contributed by atoms with Crippen LogP contribution in [-0.2, 0) is 25.8 Å². The number of ether oxygens (including phenoxy) is 1. The van der Waals surface area contributed by atoms with Crippen molar-refractivity contribution in [3.8, 4) is 0 Å². The van der Waals surface area contributed by atoms with Crippen LogP contribution in [0.1, 0.15) is 50.5 Å². The summed E-state index contributed by atoms with van der Waals surface area (Å²) in [7, 11) is 0. The molecule has 1 aliphatic heterocycles. The number of rotatable bonds is 13. The highest BCUT2D eigenvalue weighted by molar-refractivity contribution is 6.28. The van der Waals surface area contributed by atoms with Crippen LogP contribution in [0.5, 0.6) is 0 Å². The van der Waals surface area contributed by atoms with E-state index < -0.39 is 17.6 Å². The minimum atomic E-state index is -0.755. The molecule has 1 aliphatic carbocycles. The third-order valence-electron chi connectivity index (χ3n) is 6.91. The van der Waals surface area contributed by atoms with Crippen molar-refractivity contribution in [2.24, 2.45) is 11.8 Å². The van der Waals surface area contributed by atoms with Crippen molar-refractivity contribution in [1.82, 2.24) is 20.5 Å². The van der Waals surface area contributed by atoms with Crippen molar-refractivity contribution in [3.63, 3.8) is 0 Å². The number of amides is 2. The summed E-state index contributed by atoms with van der Waals surface area (Å²) in [5.41, 5.74) is 6.02. The smallest absolute Gasteiger partial charge is 0.243 e. The second-order valence-electron chi connectivity index (χ2n) is 9.70. The molecule has 2 amide bonds. The van der Waals surface area contributed by atoms with Gasteiger partial charge in [0.25, 0.3) is 0 Å². The van der Waals surface area contributed by atoms with Crippen molar-refractivity contribution in [1.29, 1.82) is 0 Å². The fraction of sp³-hybridized carbons (Fsp3) is 0.538. The Morgan fingerprint density at radius 2 is 1.87 bits per heavy atom. The molecule has 1 saturated heterocycles. The van der Waals surface area contributed by atoms with Crippen molar-refractivity contribution in [3.05, 3.63) is 47.0 Å². The third-order valence-corrected chi connectivity index (χ3v) is 7.08. The van der Waals surface area contributed by atoms with Gasteiger partial charge in [-0.15, -0.1) is 0 Å². The van der Waals surface area contributed by atoms with Crippen molar-refractivity contribution in [2.45, 2.75) is 57.6 Å². The van der Waals surface area contributed by atoms with Gasteiger partial charge in [0.1, 0.15) is 6.61 Å². The summed E-state index contributed by atoms with van der Waals surface area (Å²) in [5, 5.41) is 4.02. The van der Waals surface area contributed by atoms with E-state index in [1.54, 1.807) is 0 Å². The Morgan fingerprint density at radius 3 is 2.58 bits per heavy atom. The molecule has 206 valence electrons. The van der Waals surface area contributed by atoms with Crippen LogP contribution in [0, 0.1) is 17.7 Å². The molecule has 1 aromatic carbocycles. The van der Waals surface area contributed by atoms with Crippen LogP contribution in [-0.4, -0.2) is 53.1 Å². The fourth-order valence-corrected chi connectivity index (χ4v) is 5.01. The van der Waals surface area contributed by atoms with E-state index in [0.29, 0.717) is 44.8 Å². The molecule has 3 N–H and O–H groups in total. The summed E-state index contributed by atoms with van der Waals surface area (Å²) in [6.07, 6.45) is 6.87. The normalized spacial score (nSPS) is 17.1. The lowest BCUT2D eigenvalue weighted by Gasteiger charge is -2.26. The SMILES string of the molecule is O=CN(C[C@H](CC1CCCC1)C(=O)NNc1nc(Cl)nc(NC2CCOCC2)c1F)OCc1ccccc1. The molecule has 10 nitrogen and oxygen atoms in total. The number of benzene rings is 1. The zero-order valence-corrected chi connectivity index (χ0v) is 22.0. The zero-order valence-electron chi connectivity index (χ0n) is 21.2. The van der Waals surface area contributed by atoms with Gasteiger partial charge in [0.05, 0.1) is 12.5 Å². The first-order chi connectivity index (χ1) is 18.5. The van der Waals surface area contributed by atoms with Gasteiger partial charge in [-0.1, -0.05) is 56.0 Å². The first-order valence-corrected chi connectivity index (χ1v) is 13.4. The monoisotopic (exact) mass is 548 g/mol. The van der Waals surface area contributed by atoms with E-state index >= 15 is 4.39 Å². The highest BCUT2D eigenvalue weighted by Gasteiger charge is 2.28. The molecule has 1 atom stereocenters. The number of nitrogens with one attached hydrogen (secondary N) is 3. The molecular weight excluding hydrogens is 515 g/mol. The van der Waals surface area contributed by atoms with E-state index in [-0.39, 0.29) is 36.1 Å². The number of carbonyl (C=O) groups is 2. The molecule has 2 aliphatic rings. The first-order valence-electron chi connectivity index (χ1n) is 13.0. The van der Waals surface area contributed by atoms with Crippen molar-refractivity contribution >= 4 is 35.6 Å². The summed E-state index contributed by atoms with van der Waals surface area (Å²) >= 11 is 6.04. The van der Waals surface area contributed by atoms with Gasteiger partial charge in [-0.2, -0.15) is 14.4 Å². The number of aromatic nitrogens is 2. The number of hydrogen-bond acceptors (Lipinski definition) is 8. The lowest BCUT2D eigenvalue weighted by atomic mass is 9.92. The van der Waals surface area contributed by atoms with Gasteiger partial charge in [-0.3, -0.25) is 25.3 Å². The van der Waals surface area contributed by atoms with Gasteiger partial charge < -0.3 is 10.1 Å². The second kappa shape index (κ2) is 14.2. The number of hydrazine groups is 1.